The predicted octanol–water partition coefficient (Wildman–Crippen LogP) is 2.11. The van der Waals surface area contributed by atoms with E-state index in [1.165, 1.54) is 51.9 Å². The first-order valence-electron chi connectivity index (χ1n) is 6.12. The van der Waals surface area contributed by atoms with Crippen molar-refractivity contribution in [3.8, 4) is 0 Å². The van der Waals surface area contributed by atoms with Crippen LogP contribution in [0.1, 0.15) is 39.5 Å². The molecule has 1 unspecified atom stereocenters. The van der Waals surface area contributed by atoms with E-state index in [1.54, 1.807) is 0 Å². The summed E-state index contributed by atoms with van der Waals surface area (Å²) in [5, 5.41) is 3.59. The summed E-state index contributed by atoms with van der Waals surface area (Å²) in [5.41, 5.74) is 0.558. The number of piperidine rings is 1. The van der Waals surface area contributed by atoms with Crippen molar-refractivity contribution in [2.45, 2.75) is 39.5 Å². The van der Waals surface area contributed by atoms with Gasteiger partial charge in [-0.3, -0.25) is 0 Å². The van der Waals surface area contributed by atoms with Gasteiger partial charge in [0.2, 0.25) is 0 Å². The Labute approximate surface area is 89.1 Å². The van der Waals surface area contributed by atoms with Crippen molar-refractivity contribution < 1.29 is 0 Å². The van der Waals surface area contributed by atoms with Crippen LogP contribution in [0.3, 0.4) is 0 Å². The van der Waals surface area contributed by atoms with E-state index >= 15 is 0 Å². The van der Waals surface area contributed by atoms with Gasteiger partial charge in [-0.25, -0.2) is 0 Å². The molecule has 1 aliphatic heterocycles. The van der Waals surface area contributed by atoms with Crippen molar-refractivity contribution >= 4 is 0 Å². The highest BCUT2D eigenvalue weighted by molar-refractivity contribution is 4.86. The molecule has 1 aliphatic rings. The first-order chi connectivity index (χ1) is 6.72. The van der Waals surface area contributed by atoms with Crippen molar-refractivity contribution in [1.29, 1.82) is 0 Å². The van der Waals surface area contributed by atoms with Gasteiger partial charge < -0.3 is 10.2 Å². The lowest BCUT2D eigenvalue weighted by Gasteiger charge is -2.41. The molecule has 84 valence electrons. The van der Waals surface area contributed by atoms with E-state index in [1.807, 2.05) is 0 Å². The fourth-order valence-corrected chi connectivity index (χ4v) is 2.54. The molecule has 1 fully saturated rings. The lowest BCUT2D eigenvalue weighted by Crippen LogP contribution is -2.46. The minimum atomic E-state index is 0.558. The van der Waals surface area contributed by atoms with E-state index in [0.29, 0.717) is 5.41 Å². The summed E-state index contributed by atoms with van der Waals surface area (Å²) in [6, 6.07) is 0. The van der Waals surface area contributed by atoms with Crippen molar-refractivity contribution in [2.24, 2.45) is 5.41 Å². The van der Waals surface area contributed by atoms with Crippen LogP contribution in [0.25, 0.3) is 0 Å². The second-order valence-corrected chi connectivity index (χ2v) is 4.87. The minimum Gasteiger partial charge on any atom is -0.316 e. The van der Waals surface area contributed by atoms with Crippen LogP contribution in [-0.2, 0) is 0 Å². The van der Waals surface area contributed by atoms with Gasteiger partial charge in [-0.2, -0.15) is 0 Å². The Morgan fingerprint density at radius 2 is 2.14 bits per heavy atom. The van der Waals surface area contributed by atoms with Gasteiger partial charge >= 0.3 is 0 Å². The second kappa shape index (κ2) is 5.72. The van der Waals surface area contributed by atoms with E-state index < -0.39 is 0 Å². The van der Waals surface area contributed by atoms with Crippen molar-refractivity contribution in [3.63, 3.8) is 0 Å². The van der Waals surface area contributed by atoms with Crippen LogP contribution in [0, 0.1) is 5.41 Å². The lowest BCUT2D eigenvalue weighted by atomic mass is 9.77. The quantitative estimate of drug-likeness (QED) is 0.681. The van der Waals surface area contributed by atoms with Crippen molar-refractivity contribution in [2.75, 3.05) is 33.2 Å². The third-order valence-corrected chi connectivity index (χ3v) is 3.53. The van der Waals surface area contributed by atoms with E-state index in [0.717, 1.165) is 0 Å². The summed E-state index contributed by atoms with van der Waals surface area (Å²) in [7, 11) is 2.25. The molecule has 1 N–H and O–H groups in total. The highest BCUT2D eigenvalue weighted by atomic mass is 15.1. The average molecular weight is 198 g/mol. The van der Waals surface area contributed by atoms with Gasteiger partial charge in [0.1, 0.15) is 0 Å². The Balaban J connectivity index is 2.39. The zero-order chi connectivity index (χ0) is 10.4. The SMILES string of the molecule is CCCNCC1(CC)CCCN(C)C1. The molecule has 0 aromatic heterocycles. The van der Waals surface area contributed by atoms with Crippen LogP contribution in [0.15, 0.2) is 0 Å². The monoisotopic (exact) mass is 198 g/mol. The predicted molar refractivity (Wildman–Crippen MR) is 62.6 cm³/mol. The molecule has 0 aromatic rings. The summed E-state index contributed by atoms with van der Waals surface area (Å²) in [5.74, 6) is 0. The topological polar surface area (TPSA) is 15.3 Å². The average Bonchev–Trinajstić information content (AvgIpc) is 2.18. The Morgan fingerprint density at radius 1 is 1.36 bits per heavy atom. The summed E-state index contributed by atoms with van der Waals surface area (Å²) in [6.45, 7) is 9.52. The maximum atomic E-state index is 3.59. The Kier molecular flexibility index (Phi) is 4.90. The van der Waals surface area contributed by atoms with Gasteiger partial charge in [-0.15, -0.1) is 0 Å². The summed E-state index contributed by atoms with van der Waals surface area (Å²) in [6.07, 6.45) is 5.34. The molecule has 2 heteroatoms. The lowest BCUT2D eigenvalue weighted by molar-refractivity contribution is 0.102. The summed E-state index contributed by atoms with van der Waals surface area (Å²) in [4.78, 5) is 2.49. The molecular formula is C12H26N2. The molecule has 14 heavy (non-hydrogen) atoms. The molecule has 0 aliphatic carbocycles. The van der Waals surface area contributed by atoms with Crippen LogP contribution in [0.5, 0.6) is 0 Å². The van der Waals surface area contributed by atoms with Gasteiger partial charge in [0.15, 0.2) is 0 Å². The second-order valence-electron chi connectivity index (χ2n) is 4.87. The Morgan fingerprint density at radius 3 is 2.71 bits per heavy atom. The zero-order valence-corrected chi connectivity index (χ0v) is 10.1. The van der Waals surface area contributed by atoms with E-state index in [4.69, 9.17) is 0 Å². The van der Waals surface area contributed by atoms with Crippen molar-refractivity contribution in [1.82, 2.24) is 10.2 Å². The highest BCUT2D eigenvalue weighted by Crippen LogP contribution is 2.31. The number of hydrogen-bond acceptors (Lipinski definition) is 2. The van der Waals surface area contributed by atoms with Crippen LogP contribution in [0.2, 0.25) is 0 Å². The molecule has 1 saturated heterocycles. The summed E-state index contributed by atoms with van der Waals surface area (Å²) < 4.78 is 0. The van der Waals surface area contributed by atoms with Gasteiger partial charge in [-0.05, 0) is 51.2 Å². The van der Waals surface area contributed by atoms with Gasteiger partial charge in [0.05, 0.1) is 0 Å². The zero-order valence-electron chi connectivity index (χ0n) is 10.1. The molecular weight excluding hydrogens is 172 g/mol. The first kappa shape index (κ1) is 12.0. The molecule has 0 spiro atoms. The minimum absolute atomic E-state index is 0.558. The molecule has 1 rings (SSSR count). The maximum absolute atomic E-state index is 3.59. The molecule has 0 radical (unpaired) electrons. The Bertz CT molecular complexity index is 158. The third-order valence-electron chi connectivity index (χ3n) is 3.53. The smallest absolute Gasteiger partial charge is 0.00470 e. The summed E-state index contributed by atoms with van der Waals surface area (Å²) >= 11 is 0. The molecule has 0 aromatic carbocycles. The number of nitrogens with one attached hydrogen (secondary N) is 1. The van der Waals surface area contributed by atoms with Gasteiger partial charge in [0.25, 0.3) is 0 Å². The van der Waals surface area contributed by atoms with Crippen molar-refractivity contribution in [3.05, 3.63) is 0 Å². The van der Waals surface area contributed by atoms with Crippen LogP contribution in [-0.4, -0.2) is 38.1 Å². The normalized spacial score (nSPS) is 29.4. The third kappa shape index (κ3) is 3.25. The largest absolute Gasteiger partial charge is 0.316 e. The first-order valence-corrected chi connectivity index (χ1v) is 6.12. The van der Waals surface area contributed by atoms with E-state index in [-0.39, 0.29) is 0 Å². The number of nitrogens with zero attached hydrogens (tertiary/aromatic N) is 1. The standard InChI is InChI=1S/C12H26N2/c1-4-8-13-10-12(5-2)7-6-9-14(3)11-12/h13H,4-11H2,1-3H3. The number of rotatable bonds is 5. The number of hydrogen-bond donors (Lipinski definition) is 1. The Hall–Kier alpha value is -0.0800. The molecule has 1 heterocycles. The molecule has 0 amide bonds. The fraction of sp³-hybridized carbons (Fsp3) is 1.00. The van der Waals surface area contributed by atoms with Gasteiger partial charge in [-0.1, -0.05) is 13.8 Å². The van der Waals surface area contributed by atoms with Crippen LogP contribution < -0.4 is 5.32 Å². The molecule has 2 nitrogen and oxygen atoms in total. The molecule has 0 saturated carbocycles. The highest BCUT2D eigenvalue weighted by Gasteiger charge is 2.31. The van der Waals surface area contributed by atoms with Gasteiger partial charge in [0, 0.05) is 13.1 Å². The fourth-order valence-electron chi connectivity index (χ4n) is 2.54. The molecule has 1 atom stereocenters. The maximum Gasteiger partial charge on any atom is 0.00470 e. The van der Waals surface area contributed by atoms with Crippen LogP contribution in [0.4, 0.5) is 0 Å². The number of likely N-dealkylation sites (tertiary alicyclic amines) is 1. The molecule has 0 bridgehead atoms. The van der Waals surface area contributed by atoms with E-state index in [9.17, 15) is 0 Å². The van der Waals surface area contributed by atoms with E-state index in [2.05, 4.69) is 31.1 Å². The van der Waals surface area contributed by atoms with Crippen LogP contribution >= 0.6 is 0 Å².